The normalized spacial score (nSPS) is 17.2. The Kier molecular flexibility index (Phi) is 5.25. The molecule has 1 fully saturated rings. The minimum atomic E-state index is 0.354. The van der Waals surface area contributed by atoms with Crippen LogP contribution in [0.2, 0.25) is 5.15 Å². The van der Waals surface area contributed by atoms with Gasteiger partial charge in [-0.3, -0.25) is 0 Å². The van der Waals surface area contributed by atoms with Crippen LogP contribution in [0.5, 0.6) is 0 Å². The fourth-order valence-corrected chi connectivity index (χ4v) is 3.12. The Balaban J connectivity index is 2.03. The predicted molar refractivity (Wildman–Crippen MR) is 80.1 cm³/mol. The smallest absolute Gasteiger partial charge is 0.138 e. The molecular formula is C13H20Cl2N4. The quantitative estimate of drug-likeness (QED) is 0.632. The van der Waals surface area contributed by atoms with Gasteiger partial charge in [-0.25, -0.2) is 9.97 Å². The Hall–Kier alpha value is -0.580. The first-order valence-corrected chi connectivity index (χ1v) is 7.48. The van der Waals surface area contributed by atoms with Crippen LogP contribution >= 0.6 is 23.2 Å². The van der Waals surface area contributed by atoms with E-state index in [0.717, 1.165) is 36.9 Å². The Morgan fingerprint density at radius 1 is 1.32 bits per heavy atom. The van der Waals surface area contributed by atoms with E-state index in [4.69, 9.17) is 23.2 Å². The van der Waals surface area contributed by atoms with E-state index in [0.29, 0.717) is 11.0 Å². The van der Waals surface area contributed by atoms with E-state index < -0.39 is 0 Å². The molecule has 0 unspecified atom stereocenters. The Morgan fingerprint density at radius 2 is 2.00 bits per heavy atom. The number of alkyl halides is 1. The number of nitrogens with zero attached hydrogens (tertiary/aromatic N) is 4. The first kappa shape index (κ1) is 14.8. The van der Waals surface area contributed by atoms with Gasteiger partial charge in [0.05, 0.1) is 5.88 Å². The highest BCUT2D eigenvalue weighted by Gasteiger charge is 2.23. The lowest BCUT2D eigenvalue weighted by molar-refractivity contribution is 0.284. The molecular weight excluding hydrogens is 283 g/mol. The van der Waals surface area contributed by atoms with Crippen LogP contribution < -0.4 is 4.90 Å². The van der Waals surface area contributed by atoms with Crippen molar-refractivity contribution in [2.45, 2.75) is 18.7 Å². The molecule has 0 radical (unpaired) electrons. The maximum atomic E-state index is 6.08. The lowest BCUT2D eigenvalue weighted by Crippen LogP contribution is -2.38. The summed E-state index contributed by atoms with van der Waals surface area (Å²) >= 11 is 12.0. The summed E-state index contributed by atoms with van der Waals surface area (Å²) in [5.74, 6) is 2.02. The highest BCUT2D eigenvalue weighted by molar-refractivity contribution is 6.31. The molecule has 1 aromatic heterocycles. The predicted octanol–water partition coefficient (Wildman–Crippen LogP) is 2.65. The summed E-state index contributed by atoms with van der Waals surface area (Å²) < 4.78 is 0. The van der Waals surface area contributed by atoms with Gasteiger partial charge in [0.25, 0.3) is 0 Å². The summed E-state index contributed by atoms with van der Waals surface area (Å²) in [6, 6.07) is 0. The van der Waals surface area contributed by atoms with Crippen molar-refractivity contribution in [3.05, 3.63) is 17.0 Å². The summed E-state index contributed by atoms with van der Waals surface area (Å²) in [5, 5.41) is 0.468. The number of rotatable bonds is 4. The molecule has 0 N–H and O–H groups in total. The molecule has 1 aliphatic rings. The van der Waals surface area contributed by atoms with Crippen LogP contribution in [-0.4, -0.2) is 48.6 Å². The molecule has 2 rings (SSSR count). The largest absolute Gasteiger partial charge is 0.356 e. The maximum Gasteiger partial charge on any atom is 0.138 e. The van der Waals surface area contributed by atoms with Crippen LogP contribution in [0.3, 0.4) is 0 Å². The molecule has 1 aromatic rings. The van der Waals surface area contributed by atoms with Crippen LogP contribution in [0.15, 0.2) is 6.33 Å². The second kappa shape index (κ2) is 6.73. The van der Waals surface area contributed by atoms with Crippen molar-refractivity contribution >= 4 is 29.0 Å². The number of piperidine rings is 1. The minimum Gasteiger partial charge on any atom is -0.356 e. The van der Waals surface area contributed by atoms with Crippen LogP contribution in [0.4, 0.5) is 5.82 Å². The van der Waals surface area contributed by atoms with E-state index in [1.54, 1.807) is 0 Å². The molecule has 0 saturated carbocycles. The van der Waals surface area contributed by atoms with Crippen LogP contribution in [0, 0.1) is 5.92 Å². The summed E-state index contributed by atoms with van der Waals surface area (Å²) in [4.78, 5) is 12.9. The Morgan fingerprint density at radius 3 is 2.58 bits per heavy atom. The van der Waals surface area contributed by atoms with Crippen LogP contribution in [0.25, 0.3) is 0 Å². The second-order valence-corrected chi connectivity index (χ2v) is 5.92. The molecule has 0 aromatic carbocycles. The fraction of sp³-hybridized carbons (Fsp3) is 0.692. The lowest BCUT2D eigenvalue weighted by Gasteiger charge is -2.34. The zero-order chi connectivity index (χ0) is 13.8. The highest BCUT2D eigenvalue weighted by atomic mass is 35.5. The van der Waals surface area contributed by atoms with E-state index in [1.807, 2.05) is 0 Å². The van der Waals surface area contributed by atoms with Gasteiger partial charge in [0, 0.05) is 25.2 Å². The SMILES string of the molecule is CN(C)CC1CCN(c2ncnc(Cl)c2CCl)CC1. The topological polar surface area (TPSA) is 32.3 Å². The highest BCUT2D eigenvalue weighted by Crippen LogP contribution is 2.28. The molecule has 0 amide bonds. The van der Waals surface area contributed by atoms with Crippen molar-refractivity contribution in [3.63, 3.8) is 0 Å². The summed E-state index contributed by atoms with van der Waals surface area (Å²) in [7, 11) is 4.25. The fourth-order valence-electron chi connectivity index (χ4n) is 2.61. The van der Waals surface area contributed by atoms with Gasteiger partial charge in [-0.05, 0) is 32.9 Å². The van der Waals surface area contributed by atoms with Crippen molar-refractivity contribution in [1.29, 1.82) is 0 Å². The van der Waals surface area contributed by atoms with Crippen molar-refractivity contribution in [1.82, 2.24) is 14.9 Å². The summed E-state index contributed by atoms with van der Waals surface area (Å²) in [5.41, 5.74) is 0.844. The van der Waals surface area contributed by atoms with Crippen molar-refractivity contribution < 1.29 is 0 Å². The molecule has 4 nitrogen and oxygen atoms in total. The van der Waals surface area contributed by atoms with Crippen molar-refractivity contribution in [2.75, 3.05) is 38.6 Å². The Labute approximate surface area is 124 Å². The number of anilines is 1. The zero-order valence-corrected chi connectivity index (χ0v) is 13.0. The first-order chi connectivity index (χ1) is 9.11. The van der Waals surface area contributed by atoms with Gasteiger partial charge in [-0.2, -0.15) is 0 Å². The zero-order valence-electron chi connectivity index (χ0n) is 11.4. The van der Waals surface area contributed by atoms with Gasteiger partial charge in [-0.1, -0.05) is 11.6 Å². The van der Waals surface area contributed by atoms with E-state index in [2.05, 4.69) is 33.9 Å². The van der Waals surface area contributed by atoms with Crippen LogP contribution in [0.1, 0.15) is 18.4 Å². The van der Waals surface area contributed by atoms with E-state index in [1.165, 1.54) is 19.2 Å². The van der Waals surface area contributed by atoms with E-state index in [9.17, 15) is 0 Å². The van der Waals surface area contributed by atoms with Gasteiger partial charge >= 0.3 is 0 Å². The molecule has 106 valence electrons. The van der Waals surface area contributed by atoms with Gasteiger partial charge in [-0.15, -0.1) is 11.6 Å². The molecule has 0 aliphatic carbocycles. The number of halogens is 2. The molecule has 0 spiro atoms. The molecule has 1 aliphatic heterocycles. The molecule has 0 atom stereocenters. The molecule has 2 heterocycles. The third-order valence-corrected chi connectivity index (χ3v) is 4.13. The number of hydrogen-bond donors (Lipinski definition) is 0. The summed E-state index contributed by atoms with van der Waals surface area (Å²) in [6.07, 6.45) is 3.88. The average Bonchev–Trinajstić information content (AvgIpc) is 2.38. The molecule has 0 bridgehead atoms. The van der Waals surface area contributed by atoms with Gasteiger partial charge in [0.1, 0.15) is 17.3 Å². The minimum absolute atomic E-state index is 0.354. The molecule has 1 saturated heterocycles. The third-order valence-electron chi connectivity index (χ3n) is 3.54. The van der Waals surface area contributed by atoms with Crippen LogP contribution in [-0.2, 0) is 5.88 Å². The maximum absolute atomic E-state index is 6.08. The van der Waals surface area contributed by atoms with Crippen molar-refractivity contribution in [3.8, 4) is 0 Å². The number of hydrogen-bond acceptors (Lipinski definition) is 4. The van der Waals surface area contributed by atoms with E-state index in [-0.39, 0.29) is 0 Å². The molecule has 19 heavy (non-hydrogen) atoms. The number of aromatic nitrogens is 2. The van der Waals surface area contributed by atoms with Gasteiger partial charge in [0.15, 0.2) is 0 Å². The van der Waals surface area contributed by atoms with Crippen molar-refractivity contribution in [2.24, 2.45) is 5.92 Å². The standard InChI is InChI=1S/C13H20Cl2N4/c1-18(2)8-10-3-5-19(6-4-10)13-11(7-14)12(15)16-9-17-13/h9-10H,3-8H2,1-2H3. The van der Waals surface area contributed by atoms with Gasteiger partial charge in [0.2, 0.25) is 0 Å². The third kappa shape index (κ3) is 3.71. The second-order valence-electron chi connectivity index (χ2n) is 5.29. The first-order valence-electron chi connectivity index (χ1n) is 6.56. The Bertz CT molecular complexity index is 417. The van der Waals surface area contributed by atoms with E-state index >= 15 is 0 Å². The van der Waals surface area contributed by atoms with Gasteiger partial charge < -0.3 is 9.80 Å². The lowest BCUT2D eigenvalue weighted by atomic mass is 9.96. The average molecular weight is 303 g/mol. The monoisotopic (exact) mass is 302 g/mol. The summed E-state index contributed by atoms with van der Waals surface area (Å²) in [6.45, 7) is 3.17. The molecule has 6 heteroatoms.